The Balaban J connectivity index is 2.00. The second-order valence-electron chi connectivity index (χ2n) is 4.50. The minimum Gasteiger partial charge on any atom is -0.355 e. The number of carbonyl (C=O) groups excluding carboxylic acids is 2. The summed E-state index contributed by atoms with van der Waals surface area (Å²) in [4.78, 5) is 23.2. The van der Waals surface area contributed by atoms with Crippen LogP contribution in [0.2, 0.25) is 0 Å². The highest BCUT2D eigenvalue weighted by Gasteiger charge is 2.03. The van der Waals surface area contributed by atoms with E-state index in [2.05, 4.69) is 10.6 Å². The van der Waals surface area contributed by atoms with Gasteiger partial charge >= 0.3 is 0 Å². The average Bonchev–Trinajstić information content (AvgIpc) is 2.54. The van der Waals surface area contributed by atoms with Crippen molar-refractivity contribution in [3.63, 3.8) is 0 Å². The summed E-state index contributed by atoms with van der Waals surface area (Å²) >= 11 is 0. The lowest BCUT2D eigenvalue weighted by Crippen LogP contribution is -2.17. The summed E-state index contributed by atoms with van der Waals surface area (Å²) in [5, 5.41) is 5.15. The number of rotatable bonds is 4. The third-order valence-electron chi connectivity index (χ3n) is 2.96. The number of carbonyl (C=O) groups is 2. The van der Waals surface area contributed by atoms with Crippen molar-refractivity contribution in [1.29, 1.82) is 0 Å². The minimum atomic E-state index is -0.388. The van der Waals surface area contributed by atoms with E-state index in [1.165, 1.54) is 18.2 Å². The number of nitrogens with one attached hydrogen (secondary N) is 2. The zero-order valence-electron chi connectivity index (χ0n) is 12.0. The summed E-state index contributed by atoms with van der Waals surface area (Å²) in [6, 6.07) is 12.6. The summed E-state index contributed by atoms with van der Waals surface area (Å²) in [7, 11) is 1.55. The quantitative estimate of drug-likeness (QED) is 0.853. The summed E-state index contributed by atoms with van der Waals surface area (Å²) in [6.07, 6.45) is 2.66. The molecule has 0 aromatic heterocycles. The van der Waals surface area contributed by atoms with Crippen molar-refractivity contribution >= 4 is 23.6 Å². The van der Waals surface area contributed by atoms with Gasteiger partial charge < -0.3 is 10.6 Å². The number of amides is 2. The maximum atomic E-state index is 13.4. The molecular weight excluding hydrogens is 283 g/mol. The largest absolute Gasteiger partial charge is 0.355 e. The van der Waals surface area contributed by atoms with Crippen LogP contribution in [-0.4, -0.2) is 18.9 Å². The molecule has 0 saturated carbocycles. The molecule has 0 aliphatic heterocycles. The van der Waals surface area contributed by atoms with Crippen molar-refractivity contribution in [2.24, 2.45) is 0 Å². The van der Waals surface area contributed by atoms with Gasteiger partial charge in [-0.05, 0) is 36.4 Å². The van der Waals surface area contributed by atoms with Crippen molar-refractivity contribution in [1.82, 2.24) is 5.32 Å². The maximum absolute atomic E-state index is 13.4. The van der Waals surface area contributed by atoms with Gasteiger partial charge in [0.1, 0.15) is 5.82 Å². The summed E-state index contributed by atoms with van der Waals surface area (Å²) in [6.45, 7) is 0. The standard InChI is InChI=1S/C17H15FN2O2/c1-19-17(22)13-6-9-14(10-7-13)20-16(21)11-8-12-4-2-3-5-15(12)18/h2-11H,1H3,(H,19,22)(H,20,21)/b11-8+. The molecule has 0 aliphatic rings. The molecule has 0 saturated heterocycles. The number of halogens is 1. The predicted octanol–water partition coefficient (Wildman–Crippen LogP) is 2.84. The zero-order chi connectivity index (χ0) is 15.9. The lowest BCUT2D eigenvalue weighted by atomic mass is 10.2. The molecule has 2 amide bonds. The topological polar surface area (TPSA) is 58.2 Å². The number of anilines is 1. The molecule has 2 aromatic rings. The van der Waals surface area contributed by atoms with E-state index in [0.29, 0.717) is 16.8 Å². The molecule has 0 heterocycles. The average molecular weight is 298 g/mol. The first-order chi connectivity index (χ1) is 10.6. The highest BCUT2D eigenvalue weighted by molar-refractivity contribution is 6.02. The Bertz CT molecular complexity index is 709. The van der Waals surface area contributed by atoms with Crippen LogP contribution in [0.1, 0.15) is 15.9 Å². The molecule has 22 heavy (non-hydrogen) atoms. The lowest BCUT2D eigenvalue weighted by molar-refractivity contribution is -0.111. The molecule has 2 N–H and O–H groups in total. The smallest absolute Gasteiger partial charge is 0.251 e. The molecule has 0 atom stereocenters. The molecule has 0 unspecified atom stereocenters. The second-order valence-corrected chi connectivity index (χ2v) is 4.50. The lowest BCUT2D eigenvalue weighted by Gasteiger charge is -2.04. The van der Waals surface area contributed by atoms with E-state index in [1.54, 1.807) is 49.5 Å². The third-order valence-corrected chi connectivity index (χ3v) is 2.96. The van der Waals surface area contributed by atoms with Crippen molar-refractivity contribution in [3.05, 3.63) is 71.6 Å². The normalized spacial score (nSPS) is 10.5. The van der Waals surface area contributed by atoms with Crippen LogP contribution in [-0.2, 0) is 4.79 Å². The first-order valence-corrected chi connectivity index (χ1v) is 6.66. The first kappa shape index (κ1) is 15.4. The van der Waals surface area contributed by atoms with Gasteiger partial charge in [-0.25, -0.2) is 4.39 Å². The zero-order valence-corrected chi connectivity index (χ0v) is 12.0. The number of hydrogen-bond acceptors (Lipinski definition) is 2. The van der Waals surface area contributed by atoms with Crippen molar-refractivity contribution in [2.75, 3.05) is 12.4 Å². The van der Waals surface area contributed by atoms with Crippen LogP contribution in [0.15, 0.2) is 54.6 Å². The van der Waals surface area contributed by atoms with E-state index >= 15 is 0 Å². The van der Waals surface area contributed by atoms with Crippen LogP contribution < -0.4 is 10.6 Å². The fourth-order valence-electron chi connectivity index (χ4n) is 1.81. The van der Waals surface area contributed by atoms with Gasteiger partial charge in [-0.15, -0.1) is 0 Å². The Labute approximate surface area is 127 Å². The Morgan fingerprint density at radius 2 is 1.73 bits per heavy atom. The van der Waals surface area contributed by atoms with Crippen LogP contribution in [0.4, 0.5) is 10.1 Å². The minimum absolute atomic E-state index is 0.197. The summed E-state index contributed by atoms with van der Waals surface area (Å²) in [5.74, 6) is -0.963. The Morgan fingerprint density at radius 1 is 1.05 bits per heavy atom. The Hall–Kier alpha value is -2.95. The van der Waals surface area contributed by atoms with E-state index < -0.39 is 0 Å². The van der Waals surface area contributed by atoms with Crippen molar-refractivity contribution < 1.29 is 14.0 Å². The van der Waals surface area contributed by atoms with Crippen LogP contribution >= 0.6 is 0 Å². The molecule has 112 valence electrons. The molecular formula is C17H15FN2O2. The van der Waals surface area contributed by atoms with Crippen LogP contribution in [0.5, 0.6) is 0 Å². The summed E-state index contributed by atoms with van der Waals surface area (Å²) in [5.41, 5.74) is 1.39. The van der Waals surface area contributed by atoms with Crippen LogP contribution in [0.3, 0.4) is 0 Å². The molecule has 0 aliphatic carbocycles. The van der Waals surface area contributed by atoms with Crippen LogP contribution in [0.25, 0.3) is 6.08 Å². The predicted molar refractivity (Wildman–Crippen MR) is 83.9 cm³/mol. The fraction of sp³-hybridized carbons (Fsp3) is 0.0588. The highest BCUT2D eigenvalue weighted by Crippen LogP contribution is 2.11. The van der Waals surface area contributed by atoms with Crippen LogP contribution in [0, 0.1) is 5.82 Å². The van der Waals surface area contributed by atoms with Gasteiger partial charge in [0.05, 0.1) is 0 Å². The monoisotopic (exact) mass is 298 g/mol. The molecule has 4 nitrogen and oxygen atoms in total. The molecule has 0 fully saturated rings. The van der Waals surface area contributed by atoms with Gasteiger partial charge in [0.15, 0.2) is 0 Å². The van der Waals surface area contributed by atoms with Gasteiger partial charge in [-0.2, -0.15) is 0 Å². The van der Waals surface area contributed by atoms with Gasteiger partial charge in [0, 0.05) is 29.9 Å². The van der Waals surface area contributed by atoms with E-state index in [-0.39, 0.29) is 17.6 Å². The highest BCUT2D eigenvalue weighted by atomic mass is 19.1. The first-order valence-electron chi connectivity index (χ1n) is 6.66. The molecule has 2 rings (SSSR count). The van der Waals surface area contributed by atoms with E-state index in [1.807, 2.05) is 0 Å². The van der Waals surface area contributed by atoms with Gasteiger partial charge in [-0.3, -0.25) is 9.59 Å². The van der Waals surface area contributed by atoms with Crippen molar-refractivity contribution in [2.45, 2.75) is 0 Å². The number of benzene rings is 2. The van der Waals surface area contributed by atoms with Crippen molar-refractivity contribution in [3.8, 4) is 0 Å². The molecule has 2 aromatic carbocycles. The summed E-state index contributed by atoms with van der Waals surface area (Å²) < 4.78 is 13.4. The Morgan fingerprint density at radius 3 is 2.36 bits per heavy atom. The van der Waals surface area contributed by atoms with Gasteiger partial charge in [0.2, 0.25) is 5.91 Å². The number of hydrogen-bond donors (Lipinski definition) is 2. The molecule has 5 heteroatoms. The molecule has 0 bridgehead atoms. The van der Waals surface area contributed by atoms with E-state index in [0.717, 1.165) is 0 Å². The second kappa shape index (κ2) is 7.17. The van der Waals surface area contributed by atoms with E-state index in [4.69, 9.17) is 0 Å². The molecule has 0 spiro atoms. The fourth-order valence-corrected chi connectivity index (χ4v) is 1.81. The van der Waals surface area contributed by atoms with Gasteiger partial charge in [-0.1, -0.05) is 18.2 Å². The van der Waals surface area contributed by atoms with E-state index in [9.17, 15) is 14.0 Å². The molecule has 0 radical (unpaired) electrons. The maximum Gasteiger partial charge on any atom is 0.251 e. The third kappa shape index (κ3) is 4.02. The SMILES string of the molecule is CNC(=O)c1ccc(NC(=O)/C=C/c2ccccc2F)cc1. The van der Waals surface area contributed by atoms with Gasteiger partial charge in [0.25, 0.3) is 5.91 Å². The Kier molecular flexibility index (Phi) is 5.03.